The van der Waals surface area contributed by atoms with Gasteiger partial charge in [-0.2, -0.15) is 18.2 Å². The van der Waals surface area contributed by atoms with Crippen molar-refractivity contribution in [1.82, 2.24) is 14.9 Å². The van der Waals surface area contributed by atoms with E-state index in [1.165, 1.54) is 12.1 Å². The van der Waals surface area contributed by atoms with Gasteiger partial charge in [0.25, 0.3) is 0 Å². The first-order chi connectivity index (χ1) is 13.8. The second kappa shape index (κ2) is 7.27. The van der Waals surface area contributed by atoms with E-state index in [0.29, 0.717) is 32.2 Å². The molecule has 0 radical (unpaired) electrons. The first kappa shape index (κ1) is 19.6. The van der Waals surface area contributed by atoms with Crippen LogP contribution in [0.1, 0.15) is 36.9 Å². The van der Waals surface area contributed by atoms with Crippen molar-refractivity contribution in [3.8, 4) is 6.01 Å². The predicted molar refractivity (Wildman–Crippen MR) is 94.6 cm³/mol. The number of alkyl halides is 3. The van der Waals surface area contributed by atoms with Crippen LogP contribution in [0.5, 0.6) is 6.01 Å². The number of hydrogen-bond acceptors (Lipinski definition) is 4. The second-order valence-corrected chi connectivity index (χ2v) is 7.44. The van der Waals surface area contributed by atoms with E-state index in [2.05, 4.69) is 9.97 Å². The van der Waals surface area contributed by atoms with E-state index in [9.17, 15) is 22.4 Å². The van der Waals surface area contributed by atoms with Gasteiger partial charge in [0.05, 0.1) is 12.0 Å². The minimum absolute atomic E-state index is 0.0534. The van der Waals surface area contributed by atoms with Crippen LogP contribution in [0.25, 0.3) is 0 Å². The van der Waals surface area contributed by atoms with Crippen LogP contribution in [0.15, 0.2) is 36.5 Å². The quantitative estimate of drug-likeness (QED) is 0.722. The third-order valence-corrected chi connectivity index (χ3v) is 5.42. The number of amides is 1. The van der Waals surface area contributed by atoms with Gasteiger partial charge in [-0.15, -0.1) is 0 Å². The van der Waals surface area contributed by atoms with Crippen molar-refractivity contribution < 1.29 is 27.1 Å². The van der Waals surface area contributed by atoms with Gasteiger partial charge in [-0.25, -0.2) is 9.37 Å². The van der Waals surface area contributed by atoms with E-state index in [1.807, 2.05) is 0 Å². The zero-order valence-corrected chi connectivity index (χ0v) is 15.5. The van der Waals surface area contributed by atoms with Gasteiger partial charge in [0, 0.05) is 12.7 Å². The molecule has 2 fully saturated rings. The molecule has 0 spiro atoms. The fraction of sp³-hybridized carbons (Fsp3) is 0.450. The third-order valence-electron chi connectivity index (χ3n) is 5.42. The Hall–Kier alpha value is -2.71. The zero-order valence-electron chi connectivity index (χ0n) is 15.5. The molecular formula is C20H19F4N3O2. The number of halogens is 4. The van der Waals surface area contributed by atoms with E-state index < -0.39 is 23.4 Å². The van der Waals surface area contributed by atoms with Crippen LogP contribution in [0, 0.1) is 5.82 Å². The van der Waals surface area contributed by atoms with Gasteiger partial charge in [-0.1, -0.05) is 12.1 Å². The summed E-state index contributed by atoms with van der Waals surface area (Å²) in [6.07, 6.45) is -1.43. The molecular weight excluding hydrogens is 390 g/mol. The highest BCUT2D eigenvalue weighted by molar-refractivity contribution is 5.91. The zero-order chi connectivity index (χ0) is 20.6. The number of hydrogen-bond donors (Lipinski definition) is 0. The van der Waals surface area contributed by atoms with E-state index in [1.54, 1.807) is 17.0 Å². The highest BCUT2D eigenvalue weighted by Gasteiger charge is 2.53. The van der Waals surface area contributed by atoms with Crippen molar-refractivity contribution in [2.24, 2.45) is 0 Å². The number of nitrogens with zero attached hydrogens (tertiary/aromatic N) is 3. The number of carbonyl (C=O) groups is 1. The number of piperidine rings is 1. The largest absolute Gasteiger partial charge is 0.458 e. The van der Waals surface area contributed by atoms with Crippen molar-refractivity contribution >= 4 is 5.91 Å². The maximum Gasteiger partial charge on any atom is 0.433 e. The van der Waals surface area contributed by atoms with Crippen molar-refractivity contribution in [3.63, 3.8) is 0 Å². The van der Waals surface area contributed by atoms with Crippen LogP contribution in [0.4, 0.5) is 17.6 Å². The Kier molecular flexibility index (Phi) is 4.92. The highest BCUT2D eigenvalue weighted by atomic mass is 19.4. The molecule has 1 amide bonds. The average Bonchev–Trinajstić information content (AvgIpc) is 3.50. The minimum atomic E-state index is -4.58. The van der Waals surface area contributed by atoms with Gasteiger partial charge < -0.3 is 9.64 Å². The molecule has 1 aromatic heterocycles. The fourth-order valence-electron chi connectivity index (χ4n) is 3.75. The first-order valence-electron chi connectivity index (χ1n) is 9.40. The summed E-state index contributed by atoms with van der Waals surface area (Å²) in [5.41, 5.74) is -0.921. The molecule has 1 saturated carbocycles. The molecule has 1 unspecified atom stereocenters. The molecule has 5 nitrogen and oxygen atoms in total. The Bertz CT molecular complexity index is 897. The number of carbonyl (C=O) groups excluding carboxylic acids is 1. The maximum atomic E-state index is 13.2. The second-order valence-electron chi connectivity index (χ2n) is 7.44. The van der Waals surface area contributed by atoms with Gasteiger partial charge in [-0.3, -0.25) is 4.79 Å². The lowest BCUT2D eigenvalue weighted by Gasteiger charge is -2.35. The molecule has 0 N–H and O–H groups in total. The number of ether oxygens (including phenoxy) is 1. The molecule has 9 heteroatoms. The molecule has 1 aliphatic carbocycles. The summed E-state index contributed by atoms with van der Waals surface area (Å²) in [7, 11) is 0. The van der Waals surface area contributed by atoms with Gasteiger partial charge in [0.1, 0.15) is 11.9 Å². The van der Waals surface area contributed by atoms with Crippen molar-refractivity contribution in [2.45, 2.75) is 43.4 Å². The summed E-state index contributed by atoms with van der Waals surface area (Å²) in [6.45, 7) is 0.798. The molecule has 0 bridgehead atoms. The van der Waals surface area contributed by atoms with Crippen molar-refractivity contribution in [2.75, 3.05) is 13.1 Å². The molecule has 154 valence electrons. The minimum Gasteiger partial charge on any atom is -0.458 e. The van der Waals surface area contributed by atoms with Crippen LogP contribution >= 0.6 is 0 Å². The van der Waals surface area contributed by atoms with E-state index in [4.69, 9.17) is 4.74 Å². The smallest absolute Gasteiger partial charge is 0.433 e. The van der Waals surface area contributed by atoms with Gasteiger partial charge in [-0.05, 0) is 49.4 Å². The number of likely N-dealkylation sites (tertiary alicyclic amines) is 1. The van der Waals surface area contributed by atoms with Crippen LogP contribution in [-0.2, 0) is 16.4 Å². The predicted octanol–water partition coefficient (Wildman–Crippen LogP) is 3.74. The normalized spacial score (nSPS) is 21.0. The summed E-state index contributed by atoms with van der Waals surface area (Å²) >= 11 is 0. The molecule has 2 aliphatic rings. The van der Waals surface area contributed by atoms with Crippen LogP contribution in [-0.4, -0.2) is 40.0 Å². The van der Waals surface area contributed by atoms with E-state index in [-0.39, 0.29) is 24.3 Å². The van der Waals surface area contributed by atoms with Gasteiger partial charge in [0.2, 0.25) is 5.91 Å². The summed E-state index contributed by atoms with van der Waals surface area (Å²) in [4.78, 5) is 22.0. The number of benzene rings is 1. The van der Waals surface area contributed by atoms with Crippen LogP contribution in [0.3, 0.4) is 0 Å². The summed E-state index contributed by atoms with van der Waals surface area (Å²) < 4.78 is 57.2. The van der Waals surface area contributed by atoms with E-state index in [0.717, 1.165) is 17.8 Å². The Balaban J connectivity index is 1.45. The molecule has 1 saturated heterocycles. The topological polar surface area (TPSA) is 55.3 Å². The standard InChI is InChI=1S/C20H19F4N3O2/c21-14-5-3-13(4-6-14)19(8-9-19)17(28)27-11-1-2-15(12-27)29-18-25-10-7-16(26-18)20(22,23)24/h3-7,10,15H,1-2,8-9,11-12H2. The summed E-state index contributed by atoms with van der Waals surface area (Å²) in [6, 6.07) is 6.39. The van der Waals surface area contributed by atoms with Crippen molar-refractivity contribution in [3.05, 3.63) is 53.6 Å². The third kappa shape index (κ3) is 4.04. The number of aromatic nitrogens is 2. The van der Waals surface area contributed by atoms with Gasteiger partial charge >= 0.3 is 12.2 Å². The van der Waals surface area contributed by atoms with Crippen molar-refractivity contribution in [1.29, 1.82) is 0 Å². The lowest BCUT2D eigenvalue weighted by molar-refractivity contribution is -0.141. The summed E-state index contributed by atoms with van der Waals surface area (Å²) in [5, 5.41) is 0. The lowest BCUT2D eigenvalue weighted by atomic mass is 9.93. The highest BCUT2D eigenvalue weighted by Crippen LogP contribution is 2.50. The fourth-order valence-corrected chi connectivity index (χ4v) is 3.75. The van der Waals surface area contributed by atoms with Crippen LogP contribution < -0.4 is 4.74 Å². The Labute approximate surface area is 164 Å². The molecule has 4 rings (SSSR count). The molecule has 2 heterocycles. The Morgan fingerprint density at radius 1 is 1.17 bits per heavy atom. The molecule has 1 atom stereocenters. The Morgan fingerprint density at radius 2 is 1.90 bits per heavy atom. The number of rotatable bonds is 4. The molecule has 29 heavy (non-hydrogen) atoms. The molecule has 2 aromatic rings. The van der Waals surface area contributed by atoms with Gasteiger partial charge in [0.15, 0.2) is 5.69 Å². The molecule has 1 aliphatic heterocycles. The monoisotopic (exact) mass is 409 g/mol. The van der Waals surface area contributed by atoms with Crippen LogP contribution in [0.2, 0.25) is 0 Å². The lowest BCUT2D eigenvalue weighted by Crippen LogP contribution is -2.48. The summed E-state index contributed by atoms with van der Waals surface area (Å²) in [5.74, 6) is -0.410. The SMILES string of the molecule is O=C(N1CCCC(Oc2nccc(C(F)(F)F)n2)C1)C1(c2ccc(F)cc2)CC1. The molecule has 1 aromatic carbocycles. The first-order valence-corrected chi connectivity index (χ1v) is 9.40. The maximum absolute atomic E-state index is 13.2. The Morgan fingerprint density at radius 3 is 2.55 bits per heavy atom. The average molecular weight is 409 g/mol. The van der Waals surface area contributed by atoms with E-state index >= 15 is 0 Å².